The molecule has 2 fully saturated rings. The zero-order valence-corrected chi connectivity index (χ0v) is 14.8. The van der Waals surface area contributed by atoms with Crippen molar-refractivity contribution in [2.24, 2.45) is 17.3 Å². The molecule has 1 saturated carbocycles. The predicted octanol–water partition coefficient (Wildman–Crippen LogP) is 2.33. The quantitative estimate of drug-likeness (QED) is 0.794. The van der Waals surface area contributed by atoms with Gasteiger partial charge in [0, 0.05) is 12.8 Å². The number of aliphatic hydroxyl groups is 1. The van der Waals surface area contributed by atoms with E-state index >= 15 is 0 Å². The van der Waals surface area contributed by atoms with Crippen LogP contribution < -0.4 is 0 Å². The SMILES string of the molecule is CC1(CO)C(=O)CCC1C1CCC2=CC3(CCC2=C1C=O)OCCO3. The molecule has 0 amide bonds. The fourth-order valence-electron chi connectivity index (χ4n) is 5.35. The number of aldehydes is 1. The molecule has 1 saturated heterocycles. The van der Waals surface area contributed by atoms with Crippen molar-refractivity contribution in [1.29, 1.82) is 0 Å². The van der Waals surface area contributed by atoms with E-state index in [1.807, 2.05) is 6.92 Å². The molecule has 5 nitrogen and oxygen atoms in total. The molecule has 3 unspecified atom stereocenters. The monoisotopic (exact) mass is 346 g/mol. The summed E-state index contributed by atoms with van der Waals surface area (Å²) in [5.74, 6) is -0.350. The van der Waals surface area contributed by atoms with Crippen molar-refractivity contribution in [3.8, 4) is 0 Å². The summed E-state index contributed by atoms with van der Waals surface area (Å²) in [5.41, 5.74) is 2.41. The fraction of sp³-hybridized carbons (Fsp3) is 0.700. The van der Waals surface area contributed by atoms with Crippen LogP contribution in [0.2, 0.25) is 0 Å². The van der Waals surface area contributed by atoms with Crippen LogP contribution >= 0.6 is 0 Å². The summed E-state index contributed by atoms with van der Waals surface area (Å²) in [6.07, 6.45) is 7.55. The lowest BCUT2D eigenvalue weighted by Crippen LogP contribution is -2.39. The van der Waals surface area contributed by atoms with Gasteiger partial charge in [-0.25, -0.2) is 0 Å². The van der Waals surface area contributed by atoms with Gasteiger partial charge in [-0.05, 0) is 60.3 Å². The van der Waals surface area contributed by atoms with Gasteiger partial charge < -0.3 is 14.6 Å². The van der Waals surface area contributed by atoms with Gasteiger partial charge in [-0.1, -0.05) is 6.92 Å². The van der Waals surface area contributed by atoms with Crippen LogP contribution in [0, 0.1) is 17.3 Å². The number of rotatable bonds is 3. The Bertz CT molecular complexity index is 655. The molecule has 1 heterocycles. The molecule has 1 aliphatic heterocycles. The first-order chi connectivity index (χ1) is 12.0. The van der Waals surface area contributed by atoms with Crippen molar-refractivity contribution in [3.63, 3.8) is 0 Å². The highest BCUT2D eigenvalue weighted by Gasteiger charge is 2.51. The number of carbonyl (C=O) groups is 2. The molecule has 1 N–H and O–H groups in total. The van der Waals surface area contributed by atoms with Crippen molar-refractivity contribution >= 4 is 12.1 Å². The Morgan fingerprint density at radius 3 is 2.68 bits per heavy atom. The summed E-state index contributed by atoms with van der Waals surface area (Å²) in [7, 11) is 0. The van der Waals surface area contributed by atoms with Crippen LogP contribution in [-0.4, -0.2) is 42.8 Å². The summed E-state index contributed by atoms with van der Waals surface area (Å²) < 4.78 is 11.6. The van der Waals surface area contributed by atoms with Crippen LogP contribution in [0.3, 0.4) is 0 Å². The van der Waals surface area contributed by atoms with Crippen LogP contribution in [0.15, 0.2) is 22.8 Å². The number of carbonyl (C=O) groups excluding carboxylic acids is 2. The van der Waals surface area contributed by atoms with Crippen molar-refractivity contribution < 1.29 is 24.2 Å². The zero-order chi connectivity index (χ0) is 17.7. The van der Waals surface area contributed by atoms with Crippen molar-refractivity contribution in [2.75, 3.05) is 19.8 Å². The largest absolute Gasteiger partial charge is 0.395 e. The lowest BCUT2D eigenvalue weighted by atomic mass is 9.64. The van der Waals surface area contributed by atoms with E-state index < -0.39 is 11.2 Å². The Morgan fingerprint density at radius 2 is 2.00 bits per heavy atom. The van der Waals surface area contributed by atoms with E-state index in [-0.39, 0.29) is 24.2 Å². The number of ketones is 1. The summed E-state index contributed by atoms with van der Waals surface area (Å²) in [6, 6.07) is 0. The van der Waals surface area contributed by atoms with Gasteiger partial charge in [0.1, 0.15) is 12.1 Å². The van der Waals surface area contributed by atoms with E-state index in [0.717, 1.165) is 49.5 Å². The highest BCUT2D eigenvalue weighted by Crippen LogP contribution is 2.52. The average molecular weight is 346 g/mol. The highest BCUT2D eigenvalue weighted by atomic mass is 16.7. The summed E-state index contributed by atoms with van der Waals surface area (Å²) in [4.78, 5) is 24.3. The number of hydrogen-bond donors (Lipinski definition) is 1. The van der Waals surface area contributed by atoms with Gasteiger partial charge in [-0.15, -0.1) is 0 Å². The number of fused-ring (bicyclic) bond motifs is 1. The Kier molecular flexibility index (Phi) is 4.21. The number of hydrogen-bond acceptors (Lipinski definition) is 5. The van der Waals surface area contributed by atoms with Gasteiger partial charge in [0.15, 0.2) is 5.79 Å². The Hall–Kier alpha value is -1.30. The molecular weight excluding hydrogens is 320 g/mol. The fourth-order valence-corrected chi connectivity index (χ4v) is 5.35. The van der Waals surface area contributed by atoms with E-state index in [2.05, 4.69) is 6.08 Å². The normalized spacial score (nSPS) is 37.4. The maximum absolute atomic E-state index is 12.3. The molecule has 0 radical (unpaired) electrons. The molecular formula is C20H26O5. The van der Waals surface area contributed by atoms with Gasteiger partial charge in [0.2, 0.25) is 0 Å². The van der Waals surface area contributed by atoms with E-state index in [4.69, 9.17) is 9.47 Å². The molecule has 0 bridgehead atoms. The van der Waals surface area contributed by atoms with Gasteiger partial charge >= 0.3 is 0 Å². The molecule has 5 heteroatoms. The molecule has 0 aromatic heterocycles. The smallest absolute Gasteiger partial charge is 0.188 e. The van der Waals surface area contributed by atoms with Crippen LogP contribution in [0.1, 0.15) is 45.4 Å². The average Bonchev–Trinajstić information content (AvgIpc) is 3.19. The molecule has 4 aliphatic rings. The first-order valence-corrected chi connectivity index (χ1v) is 9.35. The third-order valence-corrected chi connectivity index (χ3v) is 6.83. The van der Waals surface area contributed by atoms with Crippen LogP contribution in [0.4, 0.5) is 0 Å². The molecule has 4 rings (SSSR count). The van der Waals surface area contributed by atoms with E-state index in [0.29, 0.717) is 19.6 Å². The van der Waals surface area contributed by atoms with E-state index in [9.17, 15) is 14.7 Å². The van der Waals surface area contributed by atoms with E-state index in [1.54, 1.807) is 0 Å². The maximum atomic E-state index is 12.3. The van der Waals surface area contributed by atoms with Crippen molar-refractivity contribution in [1.82, 2.24) is 0 Å². The van der Waals surface area contributed by atoms with Gasteiger partial charge in [-0.2, -0.15) is 0 Å². The maximum Gasteiger partial charge on any atom is 0.188 e. The minimum absolute atomic E-state index is 0.0501. The molecule has 25 heavy (non-hydrogen) atoms. The summed E-state index contributed by atoms with van der Waals surface area (Å²) >= 11 is 0. The zero-order valence-electron chi connectivity index (χ0n) is 14.8. The van der Waals surface area contributed by atoms with Crippen molar-refractivity contribution in [3.05, 3.63) is 22.8 Å². The van der Waals surface area contributed by atoms with Gasteiger partial charge in [0.25, 0.3) is 0 Å². The molecule has 136 valence electrons. The Balaban J connectivity index is 1.69. The lowest BCUT2D eigenvalue weighted by molar-refractivity contribution is -0.129. The third kappa shape index (κ3) is 2.56. The van der Waals surface area contributed by atoms with Crippen molar-refractivity contribution in [2.45, 2.75) is 51.2 Å². The third-order valence-electron chi connectivity index (χ3n) is 6.83. The molecule has 0 aromatic rings. The summed E-state index contributed by atoms with van der Waals surface area (Å²) in [6.45, 7) is 2.96. The first-order valence-electron chi connectivity index (χ1n) is 9.35. The van der Waals surface area contributed by atoms with E-state index in [1.165, 1.54) is 5.57 Å². The van der Waals surface area contributed by atoms with Gasteiger partial charge in [0.05, 0.1) is 25.2 Å². The molecule has 3 atom stereocenters. The number of Topliss-reactive ketones (excluding diaryl/α,β-unsaturated/α-hetero) is 1. The van der Waals surface area contributed by atoms with Gasteiger partial charge in [-0.3, -0.25) is 9.59 Å². The topological polar surface area (TPSA) is 72.8 Å². The molecule has 1 spiro atoms. The minimum atomic E-state index is -0.714. The number of allylic oxidation sites excluding steroid dienone is 3. The van der Waals surface area contributed by atoms with Crippen LogP contribution in [-0.2, 0) is 19.1 Å². The van der Waals surface area contributed by atoms with Crippen LogP contribution in [0.5, 0.6) is 0 Å². The predicted molar refractivity (Wildman–Crippen MR) is 90.7 cm³/mol. The molecule has 3 aliphatic carbocycles. The van der Waals surface area contributed by atoms with Crippen LogP contribution in [0.25, 0.3) is 0 Å². The number of aliphatic hydroxyl groups excluding tert-OH is 1. The minimum Gasteiger partial charge on any atom is -0.395 e. The Morgan fingerprint density at radius 1 is 1.24 bits per heavy atom. The Labute approximate surface area is 148 Å². The summed E-state index contributed by atoms with van der Waals surface area (Å²) in [5, 5.41) is 9.86. The lowest BCUT2D eigenvalue weighted by Gasteiger charge is -2.41. The second-order valence-electron chi connectivity index (χ2n) is 8.02. The number of ether oxygens (including phenoxy) is 2. The second-order valence-corrected chi connectivity index (χ2v) is 8.02. The standard InChI is InChI=1S/C20H26O5/c1-19(12-22)17(4-5-18(19)23)15-3-2-13-10-20(24-8-9-25-20)7-6-14(13)16(15)11-21/h10-11,15,17,22H,2-9,12H2,1H3. The molecule has 0 aromatic carbocycles. The highest BCUT2D eigenvalue weighted by molar-refractivity contribution is 5.88. The first kappa shape index (κ1) is 17.1. The second kappa shape index (κ2) is 6.15.